The Balaban J connectivity index is 4.06. The molecule has 0 radical (unpaired) electrons. The Morgan fingerprint density at radius 3 is 2.07 bits per heavy atom. The van der Waals surface area contributed by atoms with E-state index in [1.54, 1.807) is 0 Å². The van der Waals surface area contributed by atoms with Crippen molar-refractivity contribution >= 4 is 11.6 Å². The van der Waals surface area contributed by atoms with Gasteiger partial charge in [0.2, 0.25) is 0 Å². The van der Waals surface area contributed by atoms with Crippen molar-refractivity contribution in [2.45, 2.75) is 38.1 Å². The van der Waals surface area contributed by atoms with Crippen LogP contribution in [0.5, 0.6) is 0 Å². The first-order chi connectivity index (χ1) is 6.88. The molecule has 0 rings (SSSR count). The van der Waals surface area contributed by atoms with Crippen LogP contribution in [0.4, 0.5) is 0 Å². The fourth-order valence-electron chi connectivity index (χ4n) is 1.07. The fraction of sp³-hybridized carbons (Fsp3) is 0.778. The van der Waals surface area contributed by atoms with Crippen LogP contribution in [0.25, 0.3) is 0 Å². The summed E-state index contributed by atoms with van der Waals surface area (Å²) in [5.74, 6) is -0.844. The van der Waals surface area contributed by atoms with Gasteiger partial charge in [-0.05, 0) is 6.92 Å². The highest BCUT2D eigenvalue weighted by Gasteiger charge is 2.26. The van der Waals surface area contributed by atoms with Crippen LogP contribution < -0.4 is 0 Å². The maximum Gasteiger partial charge on any atom is 0.142 e. The van der Waals surface area contributed by atoms with Crippen molar-refractivity contribution in [2.75, 3.05) is 6.61 Å². The van der Waals surface area contributed by atoms with E-state index >= 15 is 0 Å². The highest BCUT2D eigenvalue weighted by Crippen LogP contribution is 2.06. The molecule has 0 bridgehead atoms. The standard InChI is InChI=1S/C9H16O6/c1-5(11)2-6(12)3-7(13)9(15)8(14)4-10/h7-10,13-15H,2-4H2,1H3/t7-,8-,9-/m1/s1. The molecule has 0 spiro atoms. The monoisotopic (exact) mass is 220 g/mol. The van der Waals surface area contributed by atoms with Crippen LogP contribution in [0.3, 0.4) is 0 Å². The molecular formula is C9H16O6. The van der Waals surface area contributed by atoms with Gasteiger partial charge in [-0.2, -0.15) is 0 Å². The number of hydrogen-bond acceptors (Lipinski definition) is 6. The zero-order valence-electron chi connectivity index (χ0n) is 8.46. The minimum Gasteiger partial charge on any atom is -0.394 e. The number of carbonyl (C=O) groups excluding carboxylic acids is 2. The maximum absolute atomic E-state index is 11.0. The summed E-state index contributed by atoms with van der Waals surface area (Å²) in [6.07, 6.45) is -5.29. The van der Waals surface area contributed by atoms with Crippen molar-refractivity contribution in [3.8, 4) is 0 Å². The summed E-state index contributed by atoms with van der Waals surface area (Å²) in [6.45, 7) is 0.530. The summed E-state index contributed by atoms with van der Waals surface area (Å²) in [5, 5.41) is 35.8. The minimum atomic E-state index is -1.59. The van der Waals surface area contributed by atoms with Gasteiger partial charge < -0.3 is 20.4 Å². The molecule has 88 valence electrons. The molecular weight excluding hydrogens is 204 g/mol. The second-order valence-electron chi connectivity index (χ2n) is 3.43. The molecule has 0 aliphatic carbocycles. The van der Waals surface area contributed by atoms with Crippen LogP contribution in [0.15, 0.2) is 0 Å². The number of Topliss-reactive ketones (excluding diaryl/α,β-unsaturated/α-hetero) is 2. The number of carbonyl (C=O) groups is 2. The lowest BCUT2D eigenvalue weighted by Gasteiger charge is -2.20. The van der Waals surface area contributed by atoms with Crippen molar-refractivity contribution in [3.63, 3.8) is 0 Å². The molecule has 0 aromatic heterocycles. The molecule has 0 aromatic rings. The highest BCUT2D eigenvalue weighted by molar-refractivity contribution is 5.98. The average molecular weight is 220 g/mol. The molecule has 0 amide bonds. The van der Waals surface area contributed by atoms with Crippen molar-refractivity contribution in [1.82, 2.24) is 0 Å². The molecule has 6 nitrogen and oxygen atoms in total. The summed E-state index contributed by atoms with van der Waals surface area (Å²) in [6, 6.07) is 0. The third kappa shape index (κ3) is 5.58. The molecule has 0 heterocycles. The second-order valence-corrected chi connectivity index (χ2v) is 3.43. The zero-order valence-corrected chi connectivity index (χ0v) is 8.46. The normalized spacial score (nSPS) is 16.9. The van der Waals surface area contributed by atoms with Gasteiger partial charge in [0.15, 0.2) is 0 Å². The van der Waals surface area contributed by atoms with Crippen LogP contribution in [0.1, 0.15) is 19.8 Å². The lowest BCUT2D eigenvalue weighted by molar-refractivity contribution is -0.130. The molecule has 0 aromatic carbocycles. The molecule has 0 fully saturated rings. The largest absolute Gasteiger partial charge is 0.394 e. The van der Waals surface area contributed by atoms with Gasteiger partial charge >= 0.3 is 0 Å². The number of aliphatic hydroxyl groups excluding tert-OH is 4. The van der Waals surface area contributed by atoms with E-state index in [9.17, 15) is 19.8 Å². The molecule has 15 heavy (non-hydrogen) atoms. The zero-order chi connectivity index (χ0) is 12.0. The molecule has 0 saturated carbocycles. The quantitative estimate of drug-likeness (QED) is 0.369. The number of hydrogen-bond donors (Lipinski definition) is 4. The van der Waals surface area contributed by atoms with Crippen LogP contribution in [0, 0.1) is 0 Å². The highest BCUT2D eigenvalue weighted by atomic mass is 16.4. The van der Waals surface area contributed by atoms with Gasteiger partial charge in [0, 0.05) is 6.42 Å². The van der Waals surface area contributed by atoms with E-state index in [4.69, 9.17) is 10.2 Å². The Labute approximate surface area is 87.2 Å². The summed E-state index contributed by atoms with van der Waals surface area (Å²) < 4.78 is 0. The third-order valence-electron chi connectivity index (χ3n) is 1.86. The molecule has 0 aliphatic heterocycles. The van der Waals surface area contributed by atoms with Gasteiger partial charge in [0.1, 0.15) is 23.8 Å². The van der Waals surface area contributed by atoms with Gasteiger partial charge in [-0.3, -0.25) is 9.59 Å². The molecule has 3 atom stereocenters. The second kappa shape index (κ2) is 6.62. The van der Waals surface area contributed by atoms with Crippen molar-refractivity contribution < 1.29 is 30.0 Å². The van der Waals surface area contributed by atoms with Crippen LogP contribution in [-0.4, -0.2) is 56.9 Å². The SMILES string of the molecule is CC(=O)CC(=O)C[C@@H](O)[C@@H](O)[C@H](O)CO. The fourth-order valence-corrected chi connectivity index (χ4v) is 1.07. The minimum absolute atomic E-state index is 0.307. The smallest absolute Gasteiger partial charge is 0.142 e. The Bertz CT molecular complexity index is 227. The van der Waals surface area contributed by atoms with E-state index in [2.05, 4.69) is 0 Å². The molecule has 0 aliphatic rings. The van der Waals surface area contributed by atoms with E-state index in [0.29, 0.717) is 0 Å². The van der Waals surface area contributed by atoms with Crippen LogP contribution >= 0.6 is 0 Å². The summed E-state index contributed by atoms with van der Waals surface area (Å²) in [5.41, 5.74) is 0. The van der Waals surface area contributed by atoms with Gasteiger partial charge in [-0.25, -0.2) is 0 Å². The molecule has 4 N–H and O–H groups in total. The predicted molar refractivity (Wildman–Crippen MR) is 50.0 cm³/mol. The van der Waals surface area contributed by atoms with Gasteiger partial charge in [0.05, 0.1) is 19.1 Å². The van der Waals surface area contributed by atoms with Crippen molar-refractivity contribution in [2.24, 2.45) is 0 Å². The van der Waals surface area contributed by atoms with Gasteiger partial charge in [-0.15, -0.1) is 0 Å². The predicted octanol–water partition coefficient (Wildman–Crippen LogP) is -2.00. The van der Waals surface area contributed by atoms with Crippen LogP contribution in [0.2, 0.25) is 0 Å². The Kier molecular flexibility index (Phi) is 6.26. The Hall–Kier alpha value is -0.820. The number of rotatable bonds is 7. The molecule has 0 saturated heterocycles. The first-order valence-electron chi connectivity index (χ1n) is 4.54. The number of ketones is 2. The molecule has 6 heteroatoms. The number of aliphatic hydroxyl groups is 4. The van der Waals surface area contributed by atoms with Crippen molar-refractivity contribution in [1.29, 1.82) is 0 Å². The summed E-state index contributed by atoms with van der Waals surface area (Å²) >= 11 is 0. The Morgan fingerprint density at radius 2 is 1.67 bits per heavy atom. The summed E-state index contributed by atoms with van der Waals surface area (Å²) in [4.78, 5) is 21.6. The van der Waals surface area contributed by atoms with E-state index in [1.165, 1.54) is 6.92 Å². The average Bonchev–Trinajstić information content (AvgIpc) is 2.13. The van der Waals surface area contributed by atoms with E-state index in [1.807, 2.05) is 0 Å². The lowest BCUT2D eigenvalue weighted by atomic mass is 10.0. The summed E-state index contributed by atoms with van der Waals surface area (Å²) in [7, 11) is 0. The van der Waals surface area contributed by atoms with Crippen LogP contribution in [-0.2, 0) is 9.59 Å². The topological polar surface area (TPSA) is 115 Å². The first kappa shape index (κ1) is 14.2. The lowest BCUT2D eigenvalue weighted by Crippen LogP contribution is -2.40. The van der Waals surface area contributed by atoms with E-state index in [0.717, 1.165) is 0 Å². The third-order valence-corrected chi connectivity index (χ3v) is 1.86. The van der Waals surface area contributed by atoms with E-state index in [-0.39, 0.29) is 12.2 Å². The van der Waals surface area contributed by atoms with Crippen molar-refractivity contribution in [3.05, 3.63) is 0 Å². The maximum atomic E-state index is 11.0. The van der Waals surface area contributed by atoms with E-state index < -0.39 is 37.1 Å². The Morgan fingerprint density at radius 1 is 1.13 bits per heavy atom. The first-order valence-corrected chi connectivity index (χ1v) is 4.54. The van der Waals surface area contributed by atoms with Gasteiger partial charge in [-0.1, -0.05) is 0 Å². The molecule has 0 unspecified atom stereocenters. The van der Waals surface area contributed by atoms with Gasteiger partial charge in [0.25, 0.3) is 0 Å².